The van der Waals surface area contributed by atoms with E-state index in [9.17, 15) is 9.90 Å². The summed E-state index contributed by atoms with van der Waals surface area (Å²) in [6, 6.07) is 8.07. The van der Waals surface area contributed by atoms with Gasteiger partial charge in [-0.25, -0.2) is 14.8 Å². The number of thioether (sulfide) groups is 1. The number of rotatable bonds is 5. The first-order chi connectivity index (χ1) is 9.99. The van der Waals surface area contributed by atoms with Crippen LogP contribution in [0, 0.1) is 6.92 Å². The molecule has 0 amide bonds. The molecule has 0 spiro atoms. The number of nitrogens with zero attached hydrogens (tertiary/aromatic N) is 2. The molecular formula is C16H18N2O2S. The summed E-state index contributed by atoms with van der Waals surface area (Å²) in [5, 5.41) is 9.32. The predicted molar refractivity (Wildman–Crippen MR) is 83.8 cm³/mol. The Kier molecular flexibility index (Phi) is 4.96. The van der Waals surface area contributed by atoms with E-state index < -0.39 is 5.97 Å². The number of carbonyl (C=O) groups is 1. The molecule has 1 heterocycles. The highest BCUT2D eigenvalue weighted by molar-refractivity contribution is 7.98. The van der Waals surface area contributed by atoms with Gasteiger partial charge in [0.25, 0.3) is 0 Å². The van der Waals surface area contributed by atoms with Crippen molar-refractivity contribution in [2.24, 2.45) is 0 Å². The second-order valence-electron chi connectivity index (χ2n) is 5.12. The molecule has 0 saturated heterocycles. The highest BCUT2D eigenvalue weighted by Gasteiger charge is 2.16. The average molecular weight is 302 g/mol. The molecule has 1 N–H and O–H groups in total. The Labute approximate surface area is 128 Å². The molecule has 5 heteroatoms. The van der Waals surface area contributed by atoms with Crippen molar-refractivity contribution in [1.82, 2.24) is 9.97 Å². The summed E-state index contributed by atoms with van der Waals surface area (Å²) in [5.74, 6) is 0.370. The highest BCUT2D eigenvalue weighted by atomic mass is 32.2. The topological polar surface area (TPSA) is 63.1 Å². The largest absolute Gasteiger partial charge is 0.476 e. The van der Waals surface area contributed by atoms with Gasteiger partial charge in [0.2, 0.25) is 0 Å². The van der Waals surface area contributed by atoms with Crippen LogP contribution in [0.5, 0.6) is 0 Å². The maximum absolute atomic E-state index is 11.4. The summed E-state index contributed by atoms with van der Waals surface area (Å²) in [6.45, 7) is 5.94. The zero-order valence-corrected chi connectivity index (χ0v) is 13.1. The summed E-state index contributed by atoms with van der Waals surface area (Å²) in [7, 11) is 0. The fourth-order valence-electron chi connectivity index (χ4n) is 1.85. The fourth-order valence-corrected chi connectivity index (χ4v) is 2.88. The first-order valence-electron chi connectivity index (χ1n) is 6.76. The number of carboxylic acid groups (broad SMARTS) is 1. The quantitative estimate of drug-likeness (QED) is 0.849. The molecule has 4 nitrogen and oxygen atoms in total. The van der Waals surface area contributed by atoms with Crippen LogP contribution in [0.25, 0.3) is 0 Å². The molecule has 0 bridgehead atoms. The summed E-state index contributed by atoms with van der Waals surface area (Å²) in [5.41, 5.74) is 2.47. The van der Waals surface area contributed by atoms with Gasteiger partial charge in [0.1, 0.15) is 5.82 Å². The van der Waals surface area contributed by atoms with Crippen LogP contribution >= 0.6 is 11.8 Å². The van der Waals surface area contributed by atoms with Crippen LogP contribution in [0.2, 0.25) is 0 Å². The van der Waals surface area contributed by atoms with E-state index >= 15 is 0 Å². The van der Waals surface area contributed by atoms with Crippen molar-refractivity contribution in [2.75, 3.05) is 0 Å². The van der Waals surface area contributed by atoms with Crippen molar-refractivity contribution in [3.05, 3.63) is 53.1 Å². The zero-order valence-electron chi connectivity index (χ0n) is 12.3. The van der Waals surface area contributed by atoms with E-state index in [1.807, 2.05) is 45.0 Å². The minimum absolute atomic E-state index is 0.0901. The maximum Gasteiger partial charge on any atom is 0.355 e. The molecule has 1 aromatic heterocycles. The minimum atomic E-state index is -1.01. The van der Waals surface area contributed by atoms with Crippen LogP contribution in [0.1, 0.15) is 47.2 Å². The molecule has 0 unspecified atom stereocenters. The van der Waals surface area contributed by atoms with E-state index in [0.29, 0.717) is 16.5 Å². The molecule has 0 aliphatic heterocycles. The Morgan fingerprint density at radius 2 is 2.05 bits per heavy atom. The van der Waals surface area contributed by atoms with Gasteiger partial charge in [-0.3, -0.25) is 0 Å². The molecule has 0 aliphatic carbocycles. The smallest absolute Gasteiger partial charge is 0.355 e. The minimum Gasteiger partial charge on any atom is -0.476 e. The molecule has 2 rings (SSSR count). The van der Waals surface area contributed by atoms with Crippen molar-refractivity contribution >= 4 is 17.7 Å². The number of aryl methyl sites for hydroxylation is 1. The monoisotopic (exact) mass is 302 g/mol. The van der Waals surface area contributed by atoms with Gasteiger partial charge in [-0.2, -0.15) is 0 Å². The van der Waals surface area contributed by atoms with Crippen LogP contribution in [0.3, 0.4) is 0 Å². The lowest BCUT2D eigenvalue weighted by atomic mass is 10.1. The number of aromatic carboxylic acids is 1. The molecule has 2 aromatic rings. The molecule has 1 aromatic carbocycles. The average Bonchev–Trinajstić information content (AvgIpc) is 2.46. The van der Waals surface area contributed by atoms with Crippen LogP contribution < -0.4 is 0 Å². The van der Waals surface area contributed by atoms with Crippen LogP contribution in [0.4, 0.5) is 0 Å². The normalized spacial score (nSPS) is 10.9. The van der Waals surface area contributed by atoms with E-state index in [1.165, 1.54) is 22.9 Å². The van der Waals surface area contributed by atoms with Crippen molar-refractivity contribution in [3.63, 3.8) is 0 Å². The third-order valence-electron chi connectivity index (χ3n) is 3.14. The van der Waals surface area contributed by atoms with E-state index in [2.05, 4.69) is 9.97 Å². The van der Waals surface area contributed by atoms with Crippen LogP contribution in [-0.2, 0) is 5.75 Å². The van der Waals surface area contributed by atoms with Gasteiger partial charge in [-0.15, -0.1) is 11.8 Å². The molecule has 0 fully saturated rings. The standard InChI is InChI=1S/C16H18N2O2S/c1-10(2)15-17-8-13(14(18-15)16(19)20)21-9-12-7-5-4-6-11(12)3/h4-8,10H,9H2,1-3H3,(H,19,20). The van der Waals surface area contributed by atoms with Crippen molar-refractivity contribution in [3.8, 4) is 0 Å². The van der Waals surface area contributed by atoms with Gasteiger partial charge >= 0.3 is 5.97 Å². The molecule has 110 valence electrons. The van der Waals surface area contributed by atoms with Gasteiger partial charge in [-0.05, 0) is 18.1 Å². The Bertz CT molecular complexity index is 656. The van der Waals surface area contributed by atoms with Crippen molar-refractivity contribution in [2.45, 2.75) is 37.3 Å². The number of hydrogen-bond acceptors (Lipinski definition) is 4. The van der Waals surface area contributed by atoms with Crippen molar-refractivity contribution < 1.29 is 9.90 Å². The second kappa shape index (κ2) is 6.72. The van der Waals surface area contributed by atoms with Gasteiger partial charge in [-0.1, -0.05) is 38.1 Å². The van der Waals surface area contributed by atoms with Crippen molar-refractivity contribution in [1.29, 1.82) is 0 Å². The molecule has 0 atom stereocenters. The van der Waals surface area contributed by atoms with E-state index in [1.54, 1.807) is 6.20 Å². The Balaban J connectivity index is 2.24. The van der Waals surface area contributed by atoms with E-state index in [-0.39, 0.29) is 11.6 Å². The summed E-state index contributed by atoms with van der Waals surface area (Å²) < 4.78 is 0. The lowest BCUT2D eigenvalue weighted by Gasteiger charge is -2.09. The Morgan fingerprint density at radius 1 is 1.33 bits per heavy atom. The van der Waals surface area contributed by atoms with Gasteiger partial charge in [0.05, 0.1) is 4.90 Å². The SMILES string of the molecule is Cc1ccccc1CSc1cnc(C(C)C)nc1C(=O)O. The van der Waals surface area contributed by atoms with Crippen LogP contribution in [0.15, 0.2) is 35.4 Å². The van der Waals surface area contributed by atoms with Gasteiger partial charge in [0, 0.05) is 17.9 Å². The Hall–Kier alpha value is -1.88. The molecule has 21 heavy (non-hydrogen) atoms. The first kappa shape index (κ1) is 15.5. The lowest BCUT2D eigenvalue weighted by Crippen LogP contribution is -2.08. The maximum atomic E-state index is 11.4. The molecular weight excluding hydrogens is 284 g/mol. The zero-order chi connectivity index (χ0) is 15.4. The number of benzene rings is 1. The Morgan fingerprint density at radius 3 is 2.67 bits per heavy atom. The molecule has 0 radical (unpaired) electrons. The fraction of sp³-hybridized carbons (Fsp3) is 0.312. The molecule has 0 aliphatic rings. The van der Waals surface area contributed by atoms with E-state index in [0.717, 1.165) is 0 Å². The lowest BCUT2D eigenvalue weighted by molar-refractivity contribution is 0.0685. The summed E-state index contributed by atoms with van der Waals surface area (Å²) in [4.78, 5) is 20.4. The number of carboxylic acids is 1. The third kappa shape index (κ3) is 3.82. The predicted octanol–water partition coefficient (Wildman–Crippen LogP) is 3.90. The number of hydrogen-bond donors (Lipinski definition) is 1. The van der Waals surface area contributed by atoms with Crippen LogP contribution in [-0.4, -0.2) is 21.0 Å². The second-order valence-corrected chi connectivity index (χ2v) is 6.13. The first-order valence-corrected chi connectivity index (χ1v) is 7.75. The third-order valence-corrected chi connectivity index (χ3v) is 4.20. The number of aromatic nitrogens is 2. The molecule has 0 saturated carbocycles. The summed E-state index contributed by atoms with van der Waals surface area (Å²) in [6.07, 6.45) is 1.62. The highest BCUT2D eigenvalue weighted by Crippen LogP contribution is 2.27. The van der Waals surface area contributed by atoms with Gasteiger partial charge < -0.3 is 5.11 Å². The summed E-state index contributed by atoms with van der Waals surface area (Å²) >= 11 is 1.46. The van der Waals surface area contributed by atoms with E-state index in [4.69, 9.17) is 0 Å². The van der Waals surface area contributed by atoms with Gasteiger partial charge in [0.15, 0.2) is 5.69 Å².